The normalized spacial score (nSPS) is 17.3. The number of nitrogens with zero attached hydrogens (tertiary/aromatic N) is 2. The molecule has 2 heterocycles. The first-order valence-corrected chi connectivity index (χ1v) is 8.69. The lowest BCUT2D eigenvalue weighted by atomic mass is 9.94. The minimum absolute atomic E-state index is 0.0930. The molecule has 2 aliphatic rings. The van der Waals surface area contributed by atoms with Gasteiger partial charge in [0.2, 0.25) is 5.91 Å². The number of nitrogens with one attached hydrogen (secondary N) is 2. The van der Waals surface area contributed by atoms with E-state index in [-0.39, 0.29) is 17.4 Å². The quantitative estimate of drug-likeness (QED) is 0.867. The molecule has 6 nitrogen and oxygen atoms in total. The van der Waals surface area contributed by atoms with Crippen LogP contribution in [0.25, 0.3) is 0 Å². The Morgan fingerprint density at radius 3 is 2.46 bits per heavy atom. The number of aromatic nitrogens is 2. The third-order valence-corrected chi connectivity index (χ3v) is 5.11. The Morgan fingerprint density at radius 2 is 1.88 bits per heavy atom. The van der Waals surface area contributed by atoms with E-state index in [0.29, 0.717) is 17.9 Å². The van der Waals surface area contributed by atoms with Crippen LogP contribution in [-0.2, 0) is 16.9 Å². The molecule has 2 N–H and O–H groups in total. The van der Waals surface area contributed by atoms with E-state index in [1.54, 1.807) is 0 Å². The van der Waals surface area contributed by atoms with E-state index in [4.69, 9.17) is 0 Å². The zero-order valence-electron chi connectivity index (χ0n) is 15.0. The molecule has 1 saturated carbocycles. The topological polar surface area (TPSA) is 78.1 Å². The van der Waals surface area contributed by atoms with Crippen LogP contribution >= 0.6 is 0 Å². The fourth-order valence-corrected chi connectivity index (χ4v) is 3.54. The minimum atomic E-state index is -0.468. The van der Waals surface area contributed by atoms with Crippen LogP contribution in [0.3, 0.4) is 0 Å². The summed E-state index contributed by atoms with van der Waals surface area (Å²) < 4.78 is 13.0. The number of fused-ring (bicyclic) bond motifs is 2. The Balaban J connectivity index is 1.59. The lowest BCUT2D eigenvalue weighted by molar-refractivity contribution is -0.143. The molecule has 4 rings (SSSR count). The highest BCUT2D eigenvalue weighted by Gasteiger charge is 2.59. The van der Waals surface area contributed by atoms with Gasteiger partial charge in [-0.1, -0.05) is 20.8 Å². The number of carbonyl (C=O) groups excluding carboxylic acids is 2. The lowest BCUT2D eigenvalue weighted by Crippen LogP contribution is -2.42. The third-order valence-electron chi connectivity index (χ3n) is 5.11. The average Bonchev–Trinajstić information content (AvgIpc) is 3.18. The van der Waals surface area contributed by atoms with E-state index in [9.17, 15) is 14.0 Å². The molecule has 1 fully saturated rings. The number of benzene rings is 1. The maximum Gasteiger partial charge on any atom is 0.256 e. The highest BCUT2D eigenvalue weighted by molar-refractivity contribution is 6.04. The van der Waals surface area contributed by atoms with Crippen LogP contribution in [0, 0.1) is 11.2 Å². The van der Waals surface area contributed by atoms with Gasteiger partial charge < -0.3 is 10.2 Å². The van der Waals surface area contributed by atoms with Crippen LogP contribution in [0.15, 0.2) is 24.3 Å². The number of amides is 2. The van der Waals surface area contributed by atoms with Crippen molar-refractivity contribution in [1.29, 1.82) is 0 Å². The van der Waals surface area contributed by atoms with Crippen molar-refractivity contribution in [1.82, 2.24) is 15.1 Å². The van der Waals surface area contributed by atoms with Crippen molar-refractivity contribution in [3.05, 3.63) is 46.9 Å². The molecule has 2 amide bonds. The molecule has 0 saturated heterocycles. The zero-order chi connectivity index (χ0) is 18.7. The number of carbonyl (C=O) groups is 2. The summed E-state index contributed by atoms with van der Waals surface area (Å²) >= 11 is 0. The van der Waals surface area contributed by atoms with Crippen molar-refractivity contribution in [2.24, 2.45) is 5.41 Å². The van der Waals surface area contributed by atoms with Crippen molar-refractivity contribution in [2.45, 2.75) is 45.7 Å². The molecule has 2 aromatic rings. The Bertz CT molecular complexity index is 891. The summed E-state index contributed by atoms with van der Waals surface area (Å²) in [4.78, 5) is 27.2. The van der Waals surface area contributed by atoms with Gasteiger partial charge in [0.15, 0.2) is 5.82 Å². The van der Waals surface area contributed by atoms with Gasteiger partial charge in [-0.3, -0.25) is 14.7 Å². The van der Waals surface area contributed by atoms with E-state index < -0.39 is 11.2 Å². The molecule has 1 aliphatic heterocycles. The molecule has 1 aromatic heterocycles. The Hall–Kier alpha value is -2.70. The molecular weight excluding hydrogens is 335 g/mol. The van der Waals surface area contributed by atoms with E-state index >= 15 is 0 Å². The first kappa shape index (κ1) is 16.8. The highest BCUT2D eigenvalue weighted by atomic mass is 19.1. The summed E-state index contributed by atoms with van der Waals surface area (Å²) in [5.41, 5.74) is 1.36. The van der Waals surface area contributed by atoms with Gasteiger partial charge in [-0.25, -0.2) is 4.39 Å². The van der Waals surface area contributed by atoms with Gasteiger partial charge >= 0.3 is 0 Å². The number of anilines is 1. The second-order valence-electron chi connectivity index (χ2n) is 8.06. The van der Waals surface area contributed by atoms with E-state index in [1.165, 1.54) is 24.3 Å². The Morgan fingerprint density at radius 1 is 1.23 bits per heavy atom. The molecule has 1 spiro atoms. The number of rotatable bonds is 2. The molecule has 0 atom stereocenters. The SMILES string of the molecule is CC(C)(C)C(=O)N1Cc2c(NC(=O)c3ccc(F)cc3)n[nH]c2C12CC2. The molecule has 0 unspecified atom stereocenters. The molecule has 1 aromatic carbocycles. The summed E-state index contributed by atoms with van der Waals surface area (Å²) in [6.07, 6.45) is 1.80. The van der Waals surface area contributed by atoms with Gasteiger partial charge in [-0.2, -0.15) is 5.10 Å². The van der Waals surface area contributed by atoms with Crippen molar-refractivity contribution < 1.29 is 14.0 Å². The predicted molar refractivity (Wildman–Crippen MR) is 93.9 cm³/mol. The average molecular weight is 356 g/mol. The fourth-order valence-electron chi connectivity index (χ4n) is 3.54. The van der Waals surface area contributed by atoms with Crippen LogP contribution in [0.2, 0.25) is 0 Å². The van der Waals surface area contributed by atoms with E-state index in [2.05, 4.69) is 15.5 Å². The van der Waals surface area contributed by atoms with Gasteiger partial charge in [0.05, 0.1) is 17.8 Å². The van der Waals surface area contributed by atoms with Crippen LogP contribution in [0.1, 0.15) is 55.2 Å². The first-order valence-electron chi connectivity index (χ1n) is 8.69. The maximum atomic E-state index is 13.0. The molecule has 7 heteroatoms. The van der Waals surface area contributed by atoms with Crippen LogP contribution < -0.4 is 5.32 Å². The predicted octanol–water partition coefficient (Wildman–Crippen LogP) is 3.18. The Kier molecular flexibility index (Phi) is 3.48. The van der Waals surface area contributed by atoms with Crippen molar-refractivity contribution in [3.63, 3.8) is 0 Å². The summed E-state index contributed by atoms with van der Waals surface area (Å²) in [6.45, 7) is 6.16. The molecule has 136 valence electrons. The molecule has 1 aliphatic carbocycles. The van der Waals surface area contributed by atoms with Crippen LogP contribution in [0.4, 0.5) is 10.2 Å². The molecule has 0 radical (unpaired) electrons. The zero-order valence-corrected chi connectivity index (χ0v) is 15.0. The largest absolute Gasteiger partial charge is 0.326 e. The molecule has 26 heavy (non-hydrogen) atoms. The number of halogens is 1. The highest BCUT2D eigenvalue weighted by Crippen LogP contribution is 2.57. The smallest absolute Gasteiger partial charge is 0.256 e. The van der Waals surface area contributed by atoms with E-state index in [1.807, 2.05) is 25.7 Å². The van der Waals surface area contributed by atoms with Gasteiger partial charge in [0, 0.05) is 16.5 Å². The number of hydrogen-bond acceptors (Lipinski definition) is 3. The molecule has 0 bridgehead atoms. The lowest BCUT2D eigenvalue weighted by Gasteiger charge is -2.31. The minimum Gasteiger partial charge on any atom is -0.326 e. The summed E-state index contributed by atoms with van der Waals surface area (Å²) in [5.74, 6) is -0.223. The van der Waals surface area contributed by atoms with Gasteiger partial charge in [0.1, 0.15) is 5.82 Å². The van der Waals surface area contributed by atoms with E-state index in [0.717, 1.165) is 24.1 Å². The maximum absolute atomic E-state index is 13.0. The van der Waals surface area contributed by atoms with Crippen LogP contribution in [-0.4, -0.2) is 26.9 Å². The standard InChI is InChI=1S/C19H21FN4O2/c1-18(2,3)17(26)24-10-13-14(19(24)8-9-19)22-23-15(13)21-16(25)11-4-6-12(20)7-5-11/h4-7H,8-10H2,1-3H3,(H2,21,22,23,25). The molecular formula is C19H21FN4O2. The van der Waals surface area contributed by atoms with Crippen LogP contribution in [0.5, 0.6) is 0 Å². The summed E-state index contributed by atoms with van der Waals surface area (Å²) in [7, 11) is 0. The number of H-pyrrole nitrogens is 1. The number of aromatic amines is 1. The van der Waals surface area contributed by atoms with Gasteiger partial charge in [-0.05, 0) is 37.1 Å². The second-order valence-corrected chi connectivity index (χ2v) is 8.06. The fraction of sp³-hybridized carbons (Fsp3) is 0.421. The third kappa shape index (κ3) is 2.50. The van der Waals surface area contributed by atoms with Gasteiger partial charge in [0.25, 0.3) is 5.91 Å². The van der Waals surface area contributed by atoms with Crippen molar-refractivity contribution in [2.75, 3.05) is 5.32 Å². The second kappa shape index (κ2) is 5.40. The van der Waals surface area contributed by atoms with Crippen molar-refractivity contribution >= 4 is 17.6 Å². The number of hydrogen-bond donors (Lipinski definition) is 2. The summed E-state index contributed by atoms with van der Waals surface area (Å²) in [6, 6.07) is 5.34. The Labute approximate surface area is 150 Å². The monoisotopic (exact) mass is 356 g/mol. The first-order chi connectivity index (χ1) is 12.2. The summed E-state index contributed by atoms with van der Waals surface area (Å²) in [5, 5.41) is 10.0. The van der Waals surface area contributed by atoms with Crippen molar-refractivity contribution in [3.8, 4) is 0 Å². The van der Waals surface area contributed by atoms with Gasteiger partial charge in [-0.15, -0.1) is 0 Å².